The van der Waals surface area contributed by atoms with Crippen LogP contribution in [0.15, 0.2) is 59.1 Å². The fourth-order valence-electron chi connectivity index (χ4n) is 4.17. The van der Waals surface area contributed by atoms with Crippen molar-refractivity contribution in [1.29, 1.82) is 0 Å². The molecule has 33 heavy (non-hydrogen) atoms. The maximum Gasteiger partial charge on any atom is 0.246 e. The van der Waals surface area contributed by atoms with E-state index in [0.717, 1.165) is 54.4 Å². The second-order valence-corrected chi connectivity index (χ2v) is 8.55. The van der Waals surface area contributed by atoms with Gasteiger partial charge in [0.25, 0.3) is 0 Å². The van der Waals surface area contributed by atoms with Crippen LogP contribution in [0.3, 0.4) is 0 Å². The minimum Gasteiger partial charge on any atom is -0.497 e. The van der Waals surface area contributed by atoms with E-state index in [-0.39, 0.29) is 5.91 Å². The van der Waals surface area contributed by atoms with Gasteiger partial charge in [0.05, 0.1) is 7.11 Å². The molecule has 2 aliphatic rings. The summed E-state index contributed by atoms with van der Waals surface area (Å²) in [6.07, 6.45) is 7.03. The molecular formula is C26H28N4O3. The predicted molar refractivity (Wildman–Crippen MR) is 127 cm³/mol. The zero-order valence-corrected chi connectivity index (χ0v) is 18.8. The normalized spacial score (nSPS) is 16.8. The maximum absolute atomic E-state index is 12.6. The molecule has 1 aliphatic heterocycles. The fraction of sp³-hybridized carbons (Fsp3) is 0.346. The zero-order valence-electron chi connectivity index (χ0n) is 18.8. The van der Waals surface area contributed by atoms with Gasteiger partial charge in [-0.1, -0.05) is 23.7 Å². The Labute approximate surface area is 193 Å². The first kappa shape index (κ1) is 21.2. The number of carbonyl (C=O) groups is 1. The Morgan fingerprint density at radius 3 is 2.39 bits per heavy atom. The van der Waals surface area contributed by atoms with E-state index in [0.29, 0.717) is 24.8 Å². The van der Waals surface area contributed by atoms with E-state index in [4.69, 9.17) is 9.26 Å². The number of hydrogen-bond acceptors (Lipinski definition) is 6. The lowest BCUT2D eigenvalue weighted by atomic mass is 9.85. The van der Waals surface area contributed by atoms with Gasteiger partial charge in [-0.05, 0) is 60.9 Å². The molecule has 1 saturated carbocycles. The molecule has 1 aromatic heterocycles. The highest BCUT2D eigenvalue weighted by molar-refractivity contribution is 5.92. The highest BCUT2D eigenvalue weighted by Crippen LogP contribution is 2.36. The van der Waals surface area contributed by atoms with Gasteiger partial charge in [0.2, 0.25) is 17.6 Å². The van der Waals surface area contributed by atoms with Gasteiger partial charge in [0, 0.05) is 49.4 Å². The SMILES string of the molecule is COc1ccc(C=CC(=O)N2CCN(c3ccc(-c4noc(C5CCC5)n4)cc3)CC2)cc1. The number of aromatic nitrogens is 2. The van der Waals surface area contributed by atoms with Crippen LogP contribution in [0, 0.1) is 0 Å². The van der Waals surface area contributed by atoms with E-state index < -0.39 is 0 Å². The number of methoxy groups -OCH3 is 1. The van der Waals surface area contributed by atoms with Crippen molar-refractivity contribution in [1.82, 2.24) is 15.0 Å². The van der Waals surface area contributed by atoms with Crippen molar-refractivity contribution in [2.45, 2.75) is 25.2 Å². The number of rotatable bonds is 6. The molecular weight excluding hydrogens is 416 g/mol. The molecule has 0 spiro atoms. The number of carbonyl (C=O) groups excluding carboxylic acids is 1. The lowest BCUT2D eigenvalue weighted by Gasteiger charge is -2.35. The van der Waals surface area contributed by atoms with Crippen molar-refractivity contribution in [3.05, 3.63) is 66.1 Å². The number of hydrogen-bond donors (Lipinski definition) is 0. The molecule has 3 aromatic rings. The molecule has 0 N–H and O–H groups in total. The summed E-state index contributed by atoms with van der Waals surface area (Å²) in [4.78, 5) is 21.4. The van der Waals surface area contributed by atoms with Gasteiger partial charge in [-0.25, -0.2) is 0 Å². The van der Waals surface area contributed by atoms with Gasteiger partial charge < -0.3 is 19.1 Å². The first-order valence-electron chi connectivity index (χ1n) is 11.5. The van der Waals surface area contributed by atoms with Crippen LogP contribution in [0.5, 0.6) is 5.75 Å². The van der Waals surface area contributed by atoms with Crippen molar-refractivity contribution in [2.24, 2.45) is 0 Å². The van der Waals surface area contributed by atoms with Gasteiger partial charge in [-0.3, -0.25) is 4.79 Å². The smallest absolute Gasteiger partial charge is 0.246 e. The van der Waals surface area contributed by atoms with Crippen molar-refractivity contribution in [3.63, 3.8) is 0 Å². The first-order valence-corrected chi connectivity index (χ1v) is 11.5. The third kappa shape index (κ3) is 4.77. The minimum absolute atomic E-state index is 0.0418. The Balaban J connectivity index is 1.14. The van der Waals surface area contributed by atoms with E-state index in [2.05, 4.69) is 27.2 Å². The molecule has 7 nitrogen and oxygen atoms in total. The number of ether oxygens (including phenoxy) is 1. The van der Waals surface area contributed by atoms with E-state index in [9.17, 15) is 4.79 Å². The monoisotopic (exact) mass is 444 g/mol. The van der Waals surface area contributed by atoms with E-state index >= 15 is 0 Å². The highest BCUT2D eigenvalue weighted by atomic mass is 16.5. The molecule has 2 heterocycles. The topological polar surface area (TPSA) is 71.7 Å². The zero-order chi connectivity index (χ0) is 22.6. The molecule has 1 amide bonds. The third-order valence-electron chi connectivity index (χ3n) is 6.51. The lowest BCUT2D eigenvalue weighted by molar-refractivity contribution is -0.126. The Hall–Kier alpha value is -3.61. The van der Waals surface area contributed by atoms with Crippen LogP contribution in [0.4, 0.5) is 5.69 Å². The summed E-state index contributed by atoms with van der Waals surface area (Å²) in [5.41, 5.74) is 3.08. The standard InChI is InChI=1S/C26H28N4O3/c1-32-23-12-5-19(6-13-23)7-14-24(31)30-17-15-29(16-18-30)22-10-8-20(9-11-22)25-27-26(33-28-25)21-3-2-4-21/h5-14,21H,2-4,15-18H2,1H3. The second kappa shape index (κ2) is 9.48. The van der Waals surface area contributed by atoms with E-state index in [1.807, 2.05) is 47.4 Å². The van der Waals surface area contributed by atoms with Crippen LogP contribution in [0.25, 0.3) is 17.5 Å². The molecule has 2 aromatic carbocycles. The maximum atomic E-state index is 12.6. The number of nitrogens with zero attached hydrogens (tertiary/aromatic N) is 4. The Bertz CT molecular complexity index is 1110. The van der Waals surface area contributed by atoms with Crippen LogP contribution in [-0.4, -0.2) is 54.2 Å². The quantitative estimate of drug-likeness (QED) is 0.526. The predicted octanol–water partition coefficient (Wildman–Crippen LogP) is 4.37. The van der Waals surface area contributed by atoms with Crippen LogP contribution in [0.2, 0.25) is 0 Å². The number of anilines is 1. The molecule has 0 radical (unpaired) electrons. The second-order valence-electron chi connectivity index (χ2n) is 8.55. The van der Waals surface area contributed by atoms with Gasteiger partial charge in [-0.15, -0.1) is 0 Å². The molecule has 1 saturated heterocycles. The summed E-state index contributed by atoms with van der Waals surface area (Å²) in [6, 6.07) is 15.9. The molecule has 5 rings (SSSR count). The highest BCUT2D eigenvalue weighted by Gasteiger charge is 2.26. The average Bonchev–Trinajstić information content (AvgIpc) is 3.31. The molecule has 2 fully saturated rings. The minimum atomic E-state index is 0.0418. The van der Waals surface area contributed by atoms with E-state index in [1.165, 1.54) is 6.42 Å². The van der Waals surface area contributed by atoms with Crippen LogP contribution in [-0.2, 0) is 4.79 Å². The Morgan fingerprint density at radius 1 is 1.03 bits per heavy atom. The molecule has 0 unspecified atom stereocenters. The van der Waals surface area contributed by atoms with Crippen molar-refractivity contribution in [3.8, 4) is 17.1 Å². The van der Waals surface area contributed by atoms with Gasteiger partial charge in [0.15, 0.2) is 0 Å². The van der Waals surface area contributed by atoms with Crippen LogP contribution >= 0.6 is 0 Å². The van der Waals surface area contributed by atoms with Crippen molar-refractivity contribution < 1.29 is 14.1 Å². The summed E-state index contributed by atoms with van der Waals surface area (Å²) in [5, 5.41) is 4.15. The van der Waals surface area contributed by atoms with Gasteiger partial charge in [0.1, 0.15) is 5.75 Å². The van der Waals surface area contributed by atoms with Crippen molar-refractivity contribution >= 4 is 17.7 Å². The molecule has 0 bridgehead atoms. The first-order chi connectivity index (χ1) is 16.2. The summed E-state index contributed by atoms with van der Waals surface area (Å²) in [5.74, 6) is 2.71. The Morgan fingerprint density at radius 2 is 1.76 bits per heavy atom. The summed E-state index contributed by atoms with van der Waals surface area (Å²) in [7, 11) is 1.64. The van der Waals surface area contributed by atoms with Crippen LogP contribution in [0.1, 0.15) is 36.6 Å². The molecule has 170 valence electrons. The lowest BCUT2D eigenvalue weighted by Crippen LogP contribution is -2.48. The van der Waals surface area contributed by atoms with Gasteiger partial charge in [-0.2, -0.15) is 4.98 Å². The number of benzene rings is 2. The molecule has 7 heteroatoms. The Kier molecular flexibility index (Phi) is 6.11. The third-order valence-corrected chi connectivity index (χ3v) is 6.51. The summed E-state index contributed by atoms with van der Waals surface area (Å²) < 4.78 is 10.6. The van der Waals surface area contributed by atoms with E-state index in [1.54, 1.807) is 13.2 Å². The summed E-state index contributed by atoms with van der Waals surface area (Å²) in [6.45, 7) is 3.00. The molecule has 1 aliphatic carbocycles. The van der Waals surface area contributed by atoms with Gasteiger partial charge >= 0.3 is 0 Å². The van der Waals surface area contributed by atoms with Crippen molar-refractivity contribution in [2.75, 3.05) is 38.2 Å². The average molecular weight is 445 g/mol. The largest absolute Gasteiger partial charge is 0.497 e. The van der Waals surface area contributed by atoms with Crippen LogP contribution < -0.4 is 9.64 Å². The molecule has 0 atom stereocenters. The summed E-state index contributed by atoms with van der Waals surface area (Å²) >= 11 is 0. The number of amides is 1. The number of piperazine rings is 1. The fourth-order valence-corrected chi connectivity index (χ4v) is 4.17.